The lowest BCUT2D eigenvalue weighted by atomic mass is 10.2. The van der Waals surface area contributed by atoms with Gasteiger partial charge >= 0.3 is 0 Å². The Morgan fingerprint density at radius 1 is 1.23 bits per heavy atom. The van der Waals surface area contributed by atoms with Gasteiger partial charge in [-0.15, -0.1) is 6.42 Å². The van der Waals surface area contributed by atoms with Crippen LogP contribution in [-0.4, -0.2) is 36.9 Å². The third kappa shape index (κ3) is 6.15. The van der Waals surface area contributed by atoms with Crippen molar-refractivity contribution in [1.29, 1.82) is 0 Å². The number of hydrogen-bond acceptors (Lipinski definition) is 3. The van der Waals surface area contributed by atoms with Gasteiger partial charge in [-0.3, -0.25) is 9.59 Å². The summed E-state index contributed by atoms with van der Waals surface area (Å²) in [6.45, 7) is 0.144. The number of nitrogens with one attached hydrogen (secondary N) is 1. The van der Waals surface area contributed by atoms with E-state index in [9.17, 15) is 9.59 Å². The molecule has 0 heterocycles. The number of carbonyl (C=O) groups excluding carboxylic acids is 2. The number of carbonyl (C=O) groups is 2. The molecule has 0 atom stereocenters. The molecule has 2 aromatic carbocycles. The fourth-order valence-electron chi connectivity index (χ4n) is 2.19. The minimum absolute atomic E-state index is 0.0592. The first kappa shape index (κ1) is 19.4. The predicted octanol–water partition coefficient (Wildman–Crippen LogP) is 3.19. The second-order valence-electron chi connectivity index (χ2n) is 5.58. The first-order valence-electron chi connectivity index (χ1n) is 7.97. The number of terminal acetylenes is 1. The number of anilines is 1. The monoisotopic (exact) mass is 370 g/mol. The minimum Gasteiger partial charge on any atom is -0.493 e. The molecule has 1 N–H and O–H groups in total. The molecule has 0 unspecified atom stereocenters. The molecule has 0 radical (unpaired) electrons. The van der Waals surface area contributed by atoms with Crippen LogP contribution >= 0.6 is 11.6 Å². The Balaban J connectivity index is 1.77. The van der Waals surface area contributed by atoms with Crippen molar-refractivity contribution in [2.75, 3.05) is 25.5 Å². The number of rotatable bonds is 7. The van der Waals surface area contributed by atoms with Crippen LogP contribution in [0.4, 0.5) is 5.69 Å². The zero-order valence-corrected chi connectivity index (χ0v) is 15.1. The molecule has 0 aliphatic rings. The maximum atomic E-state index is 12.1. The lowest BCUT2D eigenvalue weighted by Crippen LogP contribution is -2.35. The standard InChI is InChI=1S/C20H19ClN2O3/c1-3-15-6-4-8-17(12-15)22-19(24)14-23(2)20(25)10-11-26-18-9-5-7-16(21)13-18/h1,4-9,12-13H,10-11,14H2,2H3,(H,22,24). The van der Waals surface area contributed by atoms with E-state index in [2.05, 4.69) is 11.2 Å². The van der Waals surface area contributed by atoms with Crippen LogP contribution in [0.5, 0.6) is 5.75 Å². The van der Waals surface area contributed by atoms with Crippen molar-refractivity contribution in [2.24, 2.45) is 0 Å². The van der Waals surface area contributed by atoms with Crippen molar-refractivity contribution in [3.05, 3.63) is 59.1 Å². The van der Waals surface area contributed by atoms with Gasteiger partial charge < -0.3 is 15.0 Å². The molecular weight excluding hydrogens is 352 g/mol. The van der Waals surface area contributed by atoms with Crippen LogP contribution in [0.2, 0.25) is 5.02 Å². The third-order valence-electron chi connectivity index (χ3n) is 3.50. The molecule has 0 saturated heterocycles. The summed E-state index contributed by atoms with van der Waals surface area (Å²) >= 11 is 5.87. The van der Waals surface area contributed by atoms with Crippen LogP contribution < -0.4 is 10.1 Å². The second-order valence-corrected chi connectivity index (χ2v) is 6.02. The van der Waals surface area contributed by atoms with Crippen molar-refractivity contribution in [2.45, 2.75) is 6.42 Å². The largest absolute Gasteiger partial charge is 0.493 e. The highest BCUT2D eigenvalue weighted by Crippen LogP contribution is 2.17. The first-order valence-corrected chi connectivity index (χ1v) is 8.34. The van der Waals surface area contributed by atoms with Gasteiger partial charge in [-0.2, -0.15) is 0 Å². The maximum absolute atomic E-state index is 12.1. The normalized spacial score (nSPS) is 9.88. The van der Waals surface area contributed by atoms with E-state index in [0.29, 0.717) is 22.0 Å². The summed E-state index contributed by atoms with van der Waals surface area (Å²) in [6, 6.07) is 13.9. The number of ether oxygens (including phenoxy) is 1. The number of nitrogens with zero attached hydrogens (tertiary/aromatic N) is 1. The van der Waals surface area contributed by atoms with Gasteiger partial charge in [0.1, 0.15) is 5.75 Å². The van der Waals surface area contributed by atoms with Gasteiger partial charge in [0.2, 0.25) is 11.8 Å². The van der Waals surface area contributed by atoms with Gasteiger partial charge in [-0.05, 0) is 36.4 Å². The van der Waals surface area contributed by atoms with Gasteiger partial charge in [0, 0.05) is 23.3 Å². The highest BCUT2D eigenvalue weighted by Gasteiger charge is 2.13. The Morgan fingerprint density at radius 2 is 2.00 bits per heavy atom. The smallest absolute Gasteiger partial charge is 0.243 e. The Hall–Kier alpha value is -2.97. The molecule has 0 bridgehead atoms. The van der Waals surface area contributed by atoms with Gasteiger partial charge in [-0.1, -0.05) is 29.7 Å². The SMILES string of the molecule is C#Cc1cccc(NC(=O)CN(C)C(=O)CCOc2cccc(Cl)c2)c1. The molecule has 26 heavy (non-hydrogen) atoms. The van der Waals surface area contributed by atoms with E-state index in [0.717, 1.165) is 0 Å². The van der Waals surface area contributed by atoms with Crippen molar-refractivity contribution < 1.29 is 14.3 Å². The third-order valence-corrected chi connectivity index (χ3v) is 3.74. The zero-order chi connectivity index (χ0) is 18.9. The van der Waals surface area contributed by atoms with Crippen LogP contribution in [-0.2, 0) is 9.59 Å². The second kappa shape index (κ2) is 9.50. The number of hydrogen-bond donors (Lipinski definition) is 1. The van der Waals surface area contributed by atoms with Crippen molar-refractivity contribution in [1.82, 2.24) is 4.90 Å². The summed E-state index contributed by atoms with van der Waals surface area (Å²) in [5.41, 5.74) is 1.26. The number of halogens is 1. The Labute approximate surface area is 157 Å². The van der Waals surface area contributed by atoms with Crippen molar-refractivity contribution in [3.63, 3.8) is 0 Å². The van der Waals surface area contributed by atoms with Gasteiger partial charge in [-0.25, -0.2) is 0 Å². The quantitative estimate of drug-likeness (QED) is 0.761. The summed E-state index contributed by atoms with van der Waals surface area (Å²) in [5, 5.41) is 3.28. The molecule has 0 aromatic heterocycles. The van der Waals surface area contributed by atoms with Crippen LogP contribution in [0.25, 0.3) is 0 Å². The lowest BCUT2D eigenvalue weighted by Gasteiger charge is -2.17. The molecule has 2 rings (SSSR count). The van der Waals surface area contributed by atoms with Gasteiger partial charge in [0.25, 0.3) is 0 Å². The fourth-order valence-corrected chi connectivity index (χ4v) is 2.37. The minimum atomic E-state index is -0.300. The van der Waals surface area contributed by atoms with E-state index < -0.39 is 0 Å². The number of amides is 2. The summed E-state index contributed by atoms with van der Waals surface area (Å²) in [7, 11) is 1.57. The van der Waals surface area contributed by atoms with E-state index in [1.54, 1.807) is 55.6 Å². The average molecular weight is 371 g/mol. The summed E-state index contributed by atoms with van der Waals surface area (Å²) < 4.78 is 5.48. The highest BCUT2D eigenvalue weighted by molar-refractivity contribution is 6.30. The van der Waals surface area contributed by atoms with Crippen molar-refractivity contribution >= 4 is 29.1 Å². The molecule has 6 heteroatoms. The Bertz CT molecular complexity index is 830. The maximum Gasteiger partial charge on any atom is 0.243 e. The van der Waals surface area contributed by atoms with Crippen LogP contribution in [0.15, 0.2) is 48.5 Å². The van der Waals surface area contributed by atoms with Gasteiger partial charge in [0.05, 0.1) is 19.6 Å². The first-order chi connectivity index (χ1) is 12.5. The number of likely N-dealkylation sites (N-methyl/N-ethyl adjacent to an activating group) is 1. The van der Waals surface area contributed by atoms with E-state index in [1.807, 2.05) is 0 Å². The summed E-state index contributed by atoms with van der Waals surface area (Å²) in [4.78, 5) is 25.5. The molecule has 0 fully saturated rings. The van der Waals surface area contributed by atoms with Gasteiger partial charge in [0.15, 0.2) is 0 Å². The van der Waals surface area contributed by atoms with E-state index in [4.69, 9.17) is 22.8 Å². The summed E-state index contributed by atoms with van der Waals surface area (Å²) in [6.07, 6.45) is 5.49. The molecule has 0 spiro atoms. The van der Waals surface area contributed by atoms with Crippen molar-refractivity contribution in [3.8, 4) is 18.1 Å². The molecule has 0 aliphatic carbocycles. The predicted molar refractivity (Wildman–Crippen MR) is 102 cm³/mol. The zero-order valence-electron chi connectivity index (χ0n) is 14.4. The van der Waals surface area contributed by atoms with E-state index in [-0.39, 0.29) is 31.4 Å². The molecular formula is C20H19ClN2O3. The summed E-state index contributed by atoms with van der Waals surface area (Å²) in [5.74, 6) is 2.60. The molecule has 0 aliphatic heterocycles. The molecule has 0 saturated carbocycles. The highest BCUT2D eigenvalue weighted by atomic mass is 35.5. The molecule has 2 aromatic rings. The fraction of sp³-hybridized carbons (Fsp3) is 0.200. The van der Waals surface area contributed by atoms with E-state index >= 15 is 0 Å². The average Bonchev–Trinajstić information content (AvgIpc) is 2.61. The van der Waals surface area contributed by atoms with Crippen LogP contribution in [0, 0.1) is 12.3 Å². The Morgan fingerprint density at radius 3 is 2.73 bits per heavy atom. The molecule has 134 valence electrons. The van der Waals surface area contributed by atoms with E-state index in [1.165, 1.54) is 4.90 Å². The molecule has 5 nitrogen and oxygen atoms in total. The van der Waals surface area contributed by atoms with Crippen LogP contribution in [0.3, 0.4) is 0 Å². The number of benzene rings is 2. The molecule has 2 amide bonds. The lowest BCUT2D eigenvalue weighted by molar-refractivity contribution is -0.133. The topological polar surface area (TPSA) is 58.6 Å². The Kier molecular flexibility index (Phi) is 7.07. The van der Waals surface area contributed by atoms with Crippen LogP contribution in [0.1, 0.15) is 12.0 Å².